The molecule has 0 radical (unpaired) electrons. The number of alkyl halides is 1. The molecule has 18 heavy (non-hydrogen) atoms. The Labute approximate surface area is 117 Å². The average Bonchev–Trinajstić information content (AvgIpc) is 2.73. The molecule has 2 nitrogen and oxygen atoms in total. The first kappa shape index (κ1) is 14.6. The van der Waals surface area contributed by atoms with E-state index in [1.54, 1.807) is 0 Å². The molecule has 0 amide bonds. The Morgan fingerprint density at radius 3 is 2.61 bits per heavy atom. The van der Waals surface area contributed by atoms with Gasteiger partial charge in [-0.2, -0.15) is 0 Å². The van der Waals surface area contributed by atoms with Crippen molar-refractivity contribution in [2.24, 2.45) is 5.92 Å². The van der Waals surface area contributed by atoms with Gasteiger partial charge in [0.25, 0.3) is 0 Å². The van der Waals surface area contributed by atoms with Crippen molar-refractivity contribution in [2.45, 2.75) is 75.9 Å². The second-order valence-electron chi connectivity index (χ2n) is 6.44. The lowest BCUT2D eigenvalue weighted by molar-refractivity contribution is -0.0623. The number of nitrogens with one attached hydrogen (secondary N) is 1. The van der Waals surface area contributed by atoms with E-state index in [2.05, 4.69) is 19.2 Å². The van der Waals surface area contributed by atoms with Gasteiger partial charge in [0.05, 0.1) is 11.7 Å². The van der Waals surface area contributed by atoms with Crippen molar-refractivity contribution < 1.29 is 4.74 Å². The maximum absolute atomic E-state index is 6.33. The van der Waals surface area contributed by atoms with Crippen molar-refractivity contribution in [2.75, 3.05) is 13.1 Å². The van der Waals surface area contributed by atoms with Gasteiger partial charge in [-0.3, -0.25) is 0 Å². The Balaban J connectivity index is 1.66. The third-order valence-corrected chi connectivity index (χ3v) is 5.20. The van der Waals surface area contributed by atoms with Crippen LogP contribution in [0.15, 0.2) is 0 Å². The van der Waals surface area contributed by atoms with E-state index in [4.69, 9.17) is 16.3 Å². The largest absolute Gasteiger partial charge is 0.370 e. The molecule has 3 heteroatoms. The summed E-state index contributed by atoms with van der Waals surface area (Å²) in [5.41, 5.74) is 0.253. The topological polar surface area (TPSA) is 21.3 Å². The van der Waals surface area contributed by atoms with Crippen LogP contribution in [0.5, 0.6) is 0 Å². The van der Waals surface area contributed by atoms with Crippen molar-refractivity contribution in [3.63, 3.8) is 0 Å². The fourth-order valence-corrected chi connectivity index (χ4v) is 3.33. The molecule has 0 aromatic carbocycles. The highest BCUT2D eigenvalue weighted by molar-refractivity contribution is 6.20. The fourth-order valence-electron chi connectivity index (χ4n) is 3.22. The molecule has 1 spiro atoms. The van der Waals surface area contributed by atoms with Gasteiger partial charge in [-0.1, -0.05) is 33.1 Å². The van der Waals surface area contributed by atoms with Crippen molar-refractivity contribution >= 4 is 11.6 Å². The van der Waals surface area contributed by atoms with E-state index in [9.17, 15) is 0 Å². The molecule has 2 fully saturated rings. The van der Waals surface area contributed by atoms with E-state index in [1.807, 2.05) is 0 Å². The zero-order chi connectivity index (χ0) is 13.0. The smallest absolute Gasteiger partial charge is 0.0708 e. The maximum atomic E-state index is 6.33. The van der Waals surface area contributed by atoms with Crippen LogP contribution in [0.4, 0.5) is 0 Å². The van der Waals surface area contributed by atoms with Gasteiger partial charge in [0.15, 0.2) is 0 Å². The first-order chi connectivity index (χ1) is 8.61. The Kier molecular flexibility index (Phi) is 5.35. The predicted octanol–water partition coefficient (Wildman–Crippen LogP) is 3.72. The van der Waals surface area contributed by atoms with Crippen molar-refractivity contribution in [3.05, 3.63) is 0 Å². The summed E-state index contributed by atoms with van der Waals surface area (Å²) in [5, 5.41) is 3.71. The van der Waals surface area contributed by atoms with Crippen LogP contribution >= 0.6 is 11.6 Å². The summed E-state index contributed by atoms with van der Waals surface area (Å²) in [7, 11) is 0. The van der Waals surface area contributed by atoms with Crippen LogP contribution in [0.3, 0.4) is 0 Å². The minimum atomic E-state index is 0.232. The van der Waals surface area contributed by atoms with Gasteiger partial charge >= 0.3 is 0 Å². The van der Waals surface area contributed by atoms with Gasteiger partial charge in [-0.25, -0.2) is 0 Å². The zero-order valence-electron chi connectivity index (χ0n) is 11.9. The van der Waals surface area contributed by atoms with E-state index >= 15 is 0 Å². The molecular formula is C15H28ClNO. The summed E-state index contributed by atoms with van der Waals surface area (Å²) in [6.07, 6.45) is 9.60. The monoisotopic (exact) mass is 273 g/mol. The minimum Gasteiger partial charge on any atom is -0.370 e. The SMILES string of the molecule is CC(C)C(Cl)CNCC1CCC2(CCCCC2)O1. The number of hydrogen-bond donors (Lipinski definition) is 1. The quantitative estimate of drug-likeness (QED) is 0.771. The highest BCUT2D eigenvalue weighted by atomic mass is 35.5. The molecule has 1 heterocycles. The lowest BCUT2D eigenvalue weighted by atomic mass is 9.83. The molecular weight excluding hydrogens is 246 g/mol. The molecule has 1 saturated carbocycles. The first-order valence-electron chi connectivity index (χ1n) is 7.64. The lowest BCUT2D eigenvalue weighted by Crippen LogP contribution is -2.36. The Bertz CT molecular complexity index is 251. The third kappa shape index (κ3) is 3.85. The van der Waals surface area contributed by atoms with Gasteiger partial charge in [0.2, 0.25) is 0 Å². The van der Waals surface area contributed by atoms with E-state index < -0.39 is 0 Å². The minimum absolute atomic E-state index is 0.232. The van der Waals surface area contributed by atoms with Crippen LogP contribution in [0.1, 0.15) is 58.8 Å². The molecule has 1 saturated heterocycles. The first-order valence-corrected chi connectivity index (χ1v) is 8.08. The highest BCUT2D eigenvalue weighted by Crippen LogP contribution is 2.41. The van der Waals surface area contributed by atoms with Crippen LogP contribution in [0.2, 0.25) is 0 Å². The second kappa shape index (κ2) is 6.58. The summed E-state index contributed by atoms with van der Waals surface area (Å²) in [6, 6.07) is 0. The van der Waals surface area contributed by atoms with Crippen LogP contribution in [0.25, 0.3) is 0 Å². The molecule has 0 bridgehead atoms. The lowest BCUT2D eigenvalue weighted by Gasteiger charge is -2.33. The summed E-state index contributed by atoms with van der Waals surface area (Å²) < 4.78 is 6.33. The van der Waals surface area contributed by atoms with Crippen molar-refractivity contribution in [1.82, 2.24) is 5.32 Å². The van der Waals surface area contributed by atoms with Gasteiger partial charge in [0, 0.05) is 18.5 Å². The molecule has 2 unspecified atom stereocenters. The Morgan fingerprint density at radius 1 is 1.22 bits per heavy atom. The predicted molar refractivity (Wildman–Crippen MR) is 77.3 cm³/mol. The normalized spacial score (nSPS) is 29.0. The fraction of sp³-hybridized carbons (Fsp3) is 1.00. The number of rotatable bonds is 5. The van der Waals surface area contributed by atoms with Gasteiger partial charge in [-0.05, 0) is 31.6 Å². The van der Waals surface area contributed by atoms with E-state index in [0.717, 1.165) is 13.1 Å². The van der Waals surface area contributed by atoms with Crippen LogP contribution in [0, 0.1) is 5.92 Å². The van der Waals surface area contributed by atoms with Crippen LogP contribution < -0.4 is 5.32 Å². The second-order valence-corrected chi connectivity index (χ2v) is 7.00. The molecule has 2 rings (SSSR count). The highest BCUT2D eigenvalue weighted by Gasteiger charge is 2.40. The summed E-state index contributed by atoms with van der Waals surface area (Å²) >= 11 is 6.24. The standard InChI is InChI=1S/C15H28ClNO/c1-12(2)14(16)11-17-10-13-6-9-15(18-13)7-4-3-5-8-15/h12-14,17H,3-11H2,1-2H3. The summed E-state index contributed by atoms with van der Waals surface area (Å²) in [4.78, 5) is 0. The van der Waals surface area contributed by atoms with Crippen molar-refractivity contribution in [3.8, 4) is 0 Å². The zero-order valence-corrected chi connectivity index (χ0v) is 12.6. The molecule has 106 valence electrons. The number of halogens is 1. The number of hydrogen-bond acceptors (Lipinski definition) is 2. The van der Waals surface area contributed by atoms with E-state index in [-0.39, 0.29) is 11.0 Å². The molecule has 2 aliphatic rings. The summed E-state index contributed by atoms with van der Waals surface area (Å²) in [5.74, 6) is 0.536. The van der Waals surface area contributed by atoms with E-state index in [0.29, 0.717) is 12.0 Å². The molecule has 2 atom stereocenters. The van der Waals surface area contributed by atoms with Gasteiger partial charge in [0.1, 0.15) is 0 Å². The molecule has 0 aromatic heterocycles. The average molecular weight is 274 g/mol. The van der Waals surface area contributed by atoms with Crippen molar-refractivity contribution in [1.29, 1.82) is 0 Å². The van der Waals surface area contributed by atoms with Gasteiger partial charge < -0.3 is 10.1 Å². The van der Waals surface area contributed by atoms with Crippen LogP contribution in [-0.2, 0) is 4.74 Å². The van der Waals surface area contributed by atoms with Crippen LogP contribution in [-0.4, -0.2) is 30.2 Å². The maximum Gasteiger partial charge on any atom is 0.0708 e. The number of ether oxygens (including phenoxy) is 1. The Hall–Kier alpha value is 0.210. The third-order valence-electron chi connectivity index (χ3n) is 4.54. The molecule has 1 aliphatic carbocycles. The molecule has 1 aliphatic heterocycles. The summed E-state index contributed by atoms with van der Waals surface area (Å²) in [6.45, 7) is 6.20. The molecule has 1 N–H and O–H groups in total. The van der Waals surface area contributed by atoms with E-state index in [1.165, 1.54) is 44.9 Å². The Morgan fingerprint density at radius 2 is 1.94 bits per heavy atom. The molecule has 0 aromatic rings. The van der Waals surface area contributed by atoms with Gasteiger partial charge in [-0.15, -0.1) is 11.6 Å².